The van der Waals surface area contributed by atoms with Crippen molar-refractivity contribution < 1.29 is 0 Å². The van der Waals surface area contributed by atoms with Crippen LogP contribution < -0.4 is 10.2 Å². The van der Waals surface area contributed by atoms with E-state index < -0.39 is 0 Å². The number of hydrogen-bond acceptors (Lipinski definition) is 5. The zero-order chi connectivity index (χ0) is 20.1. The van der Waals surface area contributed by atoms with E-state index in [1.807, 2.05) is 50.6 Å². The van der Waals surface area contributed by atoms with E-state index in [1.54, 1.807) is 0 Å². The number of pyridine rings is 1. The molecule has 0 aliphatic heterocycles. The molecule has 0 fully saturated rings. The van der Waals surface area contributed by atoms with E-state index in [9.17, 15) is 0 Å². The van der Waals surface area contributed by atoms with Gasteiger partial charge in [0.05, 0.1) is 0 Å². The van der Waals surface area contributed by atoms with E-state index in [2.05, 4.69) is 59.2 Å². The van der Waals surface area contributed by atoms with Crippen molar-refractivity contribution in [1.82, 2.24) is 15.0 Å². The Morgan fingerprint density at radius 2 is 1.71 bits per heavy atom. The van der Waals surface area contributed by atoms with E-state index in [1.165, 1.54) is 11.1 Å². The molecule has 0 aliphatic rings. The van der Waals surface area contributed by atoms with Gasteiger partial charge >= 0.3 is 0 Å². The highest BCUT2D eigenvalue weighted by Gasteiger charge is 2.18. The van der Waals surface area contributed by atoms with Crippen LogP contribution in [0.2, 0.25) is 0 Å². The van der Waals surface area contributed by atoms with Crippen molar-refractivity contribution in [3.05, 3.63) is 71.7 Å². The molecule has 0 saturated carbocycles. The summed E-state index contributed by atoms with van der Waals surface area (Å²) in [6, 6.07) is 14.5. The van der Waals surface area contributed by atoms with E-state index >= 15 is 0 Å². The zero-order valence-electron chi connectivity index (χ0n) is 17.4. The van der Waals surface area contributed by atoms with Crippen LogP contribution in [-0.2, 0) is 11.8 Å². The molecule has 146 valence electrons. The maximum Gasteiger partial charge on any atom is 0.227 e. The standard InChI is InChI=1S/C23H29N5/c1-17-16-21(26-20-9-7-6-8-19(20)23(2,3)4)27-22(25-17)28(5)15-12-18-10-13-24-14-11-18/h6-11,13-14,16H,12,15H2,1-5H3,(H,25,26,27). The maximum atomic E-state index is 4.76. The summed E-state index contributed by atoms with van der Waals surface area (Å²) >= 11 is 0. The van der Waals surface area contributed by atoms with Gasteiger partial charge in [0, 0.05) is 43.4 Å². The molecule has 2 heterocycles. The minimum atomic E-state index is 0.0514. The summed E-state index contributed by atoms with van der Waals surface area (Å²) < 4.78 is 0. The van der Waals surface area contributed by atoms with Gasteiger partial charge in [0.2, 0.25) is 5.95 Å². The van der Waals surface area contributed by atoms with Crippen molar-refractivity contribution in [2.45, 2.75) is 39.5 Å². The number of hydrogen-bond donors (Lipinski definition) is 1. The van der Waals surface area contributed by atoms with Gasteiger partial charge in [0.15, 0.2) is 0 Å². The normalized spacial score (nSPS) is 11.3. The number of aromatic nitrogens is 3. The molecule has 0 aliphatic carbocycles. The number of nitrogens with one attached hydrogen (secondary N) is 1. The molecular weight excluding hydrogens is 346 g/mol. The van der Waals surface area contributed by atoms with Gasteiger partial charge in [-0.15, -0.1) is 0 Å². The molecule has 0 radical (unpaired) electrons. The van der Waals surface area contributed by atoms with E-state index in [-0.39, 0.29) is 5.41 Å². The summed E-state index contributed by atoms with van der Waals surface area (Å²) in [5.74, 6) is 1.54. The number of aryl methyl sites for hydroxylation is 1. The summed E-state index contributed by atoms with van der Waals surface area (Å²) in [5.41, 5.74) is 4.59. The van der Waals surface area contributed by atoms with Gasteiger partial charge in [-0.3, -0.25) is 4.98 Å². The van der Waals surface area contributed by atoms with Gasteiger partial charge in [-0.05, 0) is 48.1 Å². The fraction of sp³-hybridized carbons (Fsp3) is 0.348. The van der Waals surface area contributed by atoms with Gasteiger partial charge < -0.3 is 10.2 Å². The second-order valence-electron chi connectivity index (χ2n) is 8.14. The van der Waals surface area contributed by atoms with Crippen molar-refractivity contribution in [2.75, 3.05) is 23.8 Å². The van der Waals surface area contributed by atoms with Crippen LogP contribution in [0.4, 0.5) is 17.5 Å². The van der Waals surface area contributed by atoms with Crippen LogP contribution in [0.15, 0.2) is 54.9 Å². The summed E-state index contributed by atoms with van der Waals surface area (Å²) in [7, 11) is 2.03. The van der Waals surface area contributed by atoms with E-state index in [0.29, 0.717) is 0 Å². The molecule has 3 rings (SSSR count). The summed E-state index contributed by atoms with van der Waals surface area (Å²) in [5, 5.41) is 3.50. The number of nitrogens with zero attached hydrogens (tertiary/aromatic N) is 4. The minimum absolute atomic E-state index is 0.0514. The third kappa shape index (κ3) is 5.06. The topological polar surface area (TPSA) is 53.9 Å². The summed E-state index contributed by atoms with van der Waals surface area (Å²) in [6.07, 6.45) is 4.58. The van der Waals surface area contributed by atoms with Crippen LogP contribution in [0.3, 0.4) is 0 Å². The fourth-order valence-electron chi connectivity index (χ4n) is 3.12. The quantitative estimate of drug-likeness (QED) is 0.664. The first-order chi connectivity index (χ1) is 13.3. The molecule has 2 aromatic heterocycles. The van der Waals surface area contributed by atoms with Crippen molar-refractivity contribution in [2.24, 2.45) is 0 Å². The first kappa shape index (κ1) is 19.8. The molecule has 0 amide bonds. The van der Waals surface area contributed by atoms with Crippen LogP contribution >= 0.6 is 0 Å². The van der Waals surface area contributed by atoms with Crippen LogP contribution in [0.5, 0.6) is 0 Å². The third-order valence-corrected chi connectivity index (χ3v) is 4.67. The first-order valence-electron chi connectivity index (χ1n) is 9.65. The molecule has 1 aromatic carbocycles. The minimum Gasteiger partial charge on any atom is -0.343 e. The lowest BCUT2D eigenvalue weighted by Crippen LogP contribution is -2.23. The van der Waals surface area contributed by atoms with Crippen molar-refractivity contribution >= 4 is 17.5 Å². The average molecular weight is 376 g/mol. The Morgan fingerprint density at radius 1 is 1.00 bits per heavy atom. The highest BCUT2D eigenvalue weighted by atomic mass is 15.2. The second kappa shape index (κ2) is 8.38. The van der Waals surface area contributed by atoms with Crippen molar-refractivity contribution in [3.8, 4) is 0 Å². The lowest BCUT2D eigenvalue weighted by Gasteiger charge is -2.24. The number of rotatable bonds is 6. The predicted molar refractivity (Wildman–Crippen MR) is 116 cm³/mol. The number of anilines is 3. The highest BCUT2D eigenvalue weighted by molar-refractivity contribution is 5.63. The lowest BCUT2D eigenvalue weighted by molar-refractivity contribution is 0.592. The molecule has 0 saturated heterocycles. The van der Waals surface area contributed by atoms with Gasteiger partial charge in [0.25, 0.3) is 0 Å². The van der Waals surface area contributed by atoms with Gasteiger partial charge in [-0.25, -0.2) is 4.98 Å². The summed E-state index contributed by atoms with van der Waals surface area (Å²) in [4.78, 5) is 15.5. The van der Waals surface area contributed by atoms with Gasteiger partial charge in [0.1, 0.15) is 5.82 Å². The fourth-order valence-corrected chi connectivity index (χ4v) is 3.12. The molecule has 0 spiro atoms. The SMILES string of the molecule is Cc1cc(Nc2ccccc2C(C)(C)C)nc(N(C)CCc2ccncc2)n1. The Kier molecular flexibility index (Phi) is 5.93. The Bertz CT molecular complexity index is 916. The second-order valence-corrected chi connectivity index (χ2v) is 8.14. The van der Waals surface area contributed by atoms with Gasteiger partial charge in [-0.2, -0.15) is 4.98 Å². The predicted octanol–water partition coefficient (Wildman–Crippen LogP) is 4.90. The molecular formula is C23H29N5. The van der Waals surface area contributed by atoms with Crippen LogP contribution in [0, 0.1) is 6.92 Å². The zero-order valence-corrected chi connectivity index (χ0v) is 17.4. The molecule has 5 nitrogen and oxygen atoms in total. The molecule has 1 N–H and O–H groups in total. The van der Waals surface area contributed by atoms with Crippen LogP contribution in [0.1, 0.15) is 37.6 Å². The Hall–Kier alpha value is -2.95. The number of likely N-dealkylation sites (N-methyl/N-ethyl adjacent to an activating group) is 1. The number of benzene rings is 1. The Morgan fingerprint density at radius 3 is 2.43 bits per heavy atom. The number of para-hydroxylation sites is 1. The monoisotopic (exact) mass is 375 g/mol. The van der Waals surface area contributed by atoms with Crippen molar-refractivity contribution in [1.29, 1.82) is 0 Å². The van der Waals surface area contributed by atoms with Crippen LogP contribution in [-0.4, -0.2) is 28.5 Å². The third-order valence-electron chi connectivity index (χ3n) is 4.67. The van der Waals surface area contributed by atoms with Crippen molar-refractivity contribution in [3.63, 3.8) is 0 Å². The lowest BCUT2D eigenvalue weighted by atomic mass is 9.86. The highest BCUT2D eigenvalue weighted by Crippen LogP contribution is 2.31. The molecule has 3 aromatic rings. The first-order valence-corrected chi connectivity index (χ1v) is 9.65. The average Bonchev–Trinajstić information content (AvgIpc) is 2.66. The summed E-state index contributed by atoms with van der Waals surface area (Å²) in [6.45, 7) is 9.50. The van der Waals surface area contributed by atoms with E-state index in [4.69, 9.17) is 4.98 Å². The largest absolute Gasteiger partial charge is 0.343 e. The molecule has 28 heavy (non-hydrogen) atoms. The molecule has 5 heteroatoms. The van der Waals surface area contributed by atoms with Crippen LogP contribution in [0.25, 0.3) is 0 Å². The smallest absolute Gasteiger partial charge is 0.227 e. The molecule has 0 bridgehead atoms. The van der Waals surface area contributed by atoms with E-state index in [0.717, 1.165) is 36.1 Å². The maximum absolute atomic E-state index is 4.76. The molecule has 0 atom stereocenters. The van der Waals surface area contributed by atoms with Gasteiger partial charge in [-0.1, -0.05) is 39.0 Å². The molecule has 0 unspecified atom stereocenters. The Balaban J connectivity index is 1.78. The Labute approximate surface area is 167 Å².